The van der Waals surface area contributed by atoms with Crippen LogP contribution < -0.4 is 9.22 Å². The van der Waals surface area contributed by atoms with Crippen LogP contribution >= 0.6 is 0 Å². The summed E-state index contributed by atoms with van der Waals surface area (Å²) in [5, 5.41) is 2.35. The van der Waals surface area contributed by atoms with Crippen LogP contribution in [0.1, 0.15) is 30.0 Å². The van der Waals surface area contributed by atoms with Gasteiger partial charge in [0.15, 0.2) is 0 Å². The van der Waals surface area contributed by atoms with Crippen LogP contribution in [0.25, 0.3) is 21.8 Å². The van der Waals surface area contributed by atoms with Gasteiger partial charge in [0, 0.05) is 0 Å². The number of rotatable bonds is 6. The Labute approximate surface area is 174 Å². The van der Waals surface area contributed by atoms with Crippen molar-refractivity contribution >= 4 is 43.1 Å². The standard InChI is InChI=1S/C24H23AsN2O/c1-3-12-28-19-9-7-17(8-10-19)5-6-18-14-21-20-11-4-16(2)13-22(20)27-24(25)23(21)26-15-18/h4,7-11,13-15H,3,5-6,12H2,1-2H3. The van der Waals surface area contributed by atoms with E-state index >= 15 is 0 Å². The maximum atomic E-state index is 5.66. The average molecular weight is 430 g/mol. The number of aromatic nitrogens is 2. The van der Waals surface area contributed by atoms with E-state index < -0.39 is 0 Å². The molecule has 0 aliphatic heterocycles. The fourth-order valence-corrected chi connectivity index (χ4v) is 4.02. The summed E-state index contributed by atoms with van der Waals surface area (Å²) in [6, 6.07) is 17.2. The Balaban J connectivity index is 1.58. The first-order valence-corrected chi connectivity index (χ1v) is 10.7. The van der Waals surface area contributed by atoms with Crippen molar-refractivity contribution in [3.63, 3.8) is 0 Å². The molecule has 0 aliphatic carbocycles. The second-order valence-corrected chi connectivity index (χ2v) is 8.08. The second-order valence-electron chi connectivity index (χ2n) is 7.19. The number of ether oxygens (including phenoxy) is 1. The Bertz CT molecular complexity index is 1120. The second kappa shape index (κ2) is 8.32. The Morgan fingerprint density at radius 3 is 2.50 bits per heavy atom. The van der Waals surface area contributed by atoms with Crippen molar-refractivity contribution in [2.75, 3.05) is 6.61 Å². The van der Waals surface area contributed by atoms with E-state index in [0.717, 1.165) is 47.1 Å². The number of pyridine rings is 2. The minimum absolute atomic E-state index is 0.766. The zero-order valence-electron chi connectivity index (χ0n) is 16.3. The molecule has 0 atom stereocenters. The molecule has 28 heavy (non-hydrogen) atoms. The van der Waals surface area contributed by atoms with E-state index in [-0.39, 0.29) is 0 Å². The predicted octanol–water partition coefficient (Wildman–Crippen LogP) is 4.46. The first kappa shape index (κ1) is 19.0. The molecule has 0 fully saturated rings. The Morgan fingerprint density at radius 1 is 0.929 bits per heavy atom. The zero-order valence-corrected chi connectivity index (χ0v) is 18.2. The Kier molecular flexibility index (Phi) is 5.64. The summed E-state index contributed by atoms with van der Waals surface area (Å²) in [7, 11) is 0. The molecule has 0 saturated heterocycles. The molecule has 4 heteroatoms. The number of fused-ring (bicyclic) bond motifs is 3. The van der Waals surface area contributed by atoms with Gasteiger partial charge in [-0.05, 0) is 6.42 Å². The fraction of sp³-hybridized carbons (Fsp3) is 0.250. The molecule has 4 rings (SSSR count). The normalized spacial score (nSPS) is 11.2. The number of hydrogen-bond acceptors (Lipinski definition) is 3. The van der Waals surface area contributed by atoms with Crippen molar-refractivity contribution in [1.29, 1.82) is 0 Å². The topological polar surface area (TPSA) is 35.0 Å². The van der Waals surface area contributed by atoms with E-state index in [1.54, 1.807) is 0 Å². The molecule has 2 radical (unpaired) electrons. The zero-order chi connectivity index (χ0) is 19.5. The van der Waals surface area contributed by atoms with Gasteiger partial charge in [0.25, 0.3) is 0 Å². The van der Waals surface area contributed by atoms with Crippen LogP contribution in [0.5, 0.6) is 5.75 Å². The Hall–Kier alpha value is -2.38. The first-order valence-electron chi connectivity index (χ1n) is 9.74. The van der Waals surface area contributed by atoms with Gasteiger partial charge in [-0.1, -0.05) is 6.92 Å². The van der Waals surface area contributed by atoms with Gasteiger partial charge in [-0.25, -0.2) is 0 Å². The third-order valence-electron chi connectivity index (χ3n) is 4.92. The van der Waals surface area contributed by atoms with Crippen LogP contribution in [0, 0.1) is 6.92 Å². The van der Waals surface area contributed by atoms with Gasteiger partial charge in [0.2, 0.25) is 0 Å². The molecule has 0 spiro atoms. The molecule has 0 amide bonds. The summed E-state index contributed by atoms with van der Waals surface area (Å²) in [6.45, 7) is 4.98. The summed E-state index contributed by atoms with van der Waals surface area (Å²) >= 11 is 2.55. The Morgan fingerprint density at radius 2 is 1.71 bits per heavy atom. The third kappa shape index (κ3) is 4.05. The maximum absolute atomic E-state index is 5.66. The van der Waals surface area contributed by atoms with E-state index in [2.05, 4.69) is 79.2 Å². The van der Waals surface area contributed by atoms with Gasteiger partial charge in [0.05, 0.1) is 6.61 Å². The van der Waals surface area contributed by atoms with Crippen molar-refractivity contribution in [2.24, 2.45) is 0 Å². The molecule has 0 unspecified atom stereocenters. The number of nitrogens with zero attached hydrogens (tertiary/aromatic N) is 2. The average Bonchev–Trinajstić information content (AvgIpc) is 2.71. The van der Waals surface area contributed by atoms with Crippen molar-refractivity contribution < 1.29 is 4.74 Å². The quantitative estimate of drug-likeness (QED) is 0.335. The molecule has 0 aliphatic rings. The molecular formula is C24H23AsN2O. The van der Waals surface area contributed by atoms with Crippen LogP contribution in [0.4, 0.5) is 0 Å². The first-order chi connectivity index (χ1) is 13.6. The van der Waals surface area contributed by atoms with E-state index in [4.69, 9.17) is 14.7 Å². The molecule has 0 saturated carbocycles. The summed E-state index contributed by atoms with van der Waals surface area (Å²) < 4.78 is 6.59. The molecule has 2 aromatic heterocycles. The van der Waals surface area contributed by atoms with Gasteiger partial charge in [0.1, 0.15) is 0 Å². The molecule has 0 N–H and O–H groups in total. The number of hydrogen-bond donors (Lipinski definition) is 0. The SMILES string of the molecule is CCCOc1ccc(CCc2cnc3c([As])nc4cc(C)ccc4c3c2)cc1. The van der Waals surface area contributed by atoms with E-state index in [0.29, 0.717) is 0 Å². The summed E-state index contributed by atoms with van der Waals surface area (Å²) in [4.78, 5) is 9.43. The van der Waals surface area contributed by atoms with E-state index in [1.165, 1.54) is 27.5 Å². The van der Waals surface area contributed by atoms with Gasteiger partial charge in [-0.15, -0.1) is 0 Å². The van der Waals surface area contributed by atoms with Crippen molar-refractivity contribution in [1.82, 2.24) is 9.97 Å². The predicted molar refractivity (Wildman–Crippen MR) is 117 cm³/mol. The van der Waals surface area contributed by atoms with E-state index in [9.17, 15) is 0 Å². The van der Waals surface area contributed by atoms with Crippen LogP contribution in [-0.4, -0.2) is 33.4 Å². The summed E-state index contributed by atoms with van der Waals surface area (Å²) in [5.74, 6) is 0.945. The summed E-state index contributed by atoms with van der Waals surface area (Å²) in [5.41, 5.74) is 5.79. The van der Waals surface area contributed by atoms with Crippen LogP contribution in [0.15, 0.2) is 54.7 Å². The van der Waals surface area contributed by atoms with Crippen LogP contribution in [-0.2, 0) is 12.8 Å². The van der Waals surface area contributed by atoms with Gasteiger partial charge < -0.3 is 0 Å². The fourth-order valence-electron chi connectivity index (χ4n) is 3.42. The monoisotopic (exact) mass is 430 g/mol. The molecule has 3 nitrogen and oxygen atoms in total. The summed E-state index contributed by atoms with van der Waals surface area (Å²) in [6.07, 6.45) is 4.96. The molecule has 2 heterocycles. The van der Waals surface area contributed by atoms with Crippen LogP contribution in [0.2, 0.25) is 0 Å². The molecule has 0 bridgehead atoms. The van der Waals surface area contributed by atoms with Crippen molar-refractivity contribution in [2.45, 2.75) is 33.1 Å². The molecule has 2 aromatic carbocycles. The van der Waals surface area contributed by atoms with E-state index in [1.807, 2.05) is 6.20 Å². The molecular weight excluding hydrogens is 407 g/mol. The van der Waals surface area contributed by atoms with Crippen molar-refractivity contribution in [3.8, 4) is 5.75 Å². The minimum atomic E-state index is 0.766. The van der Waals surface area contributed by atoms with Gasteiger partial charge in [-0.2, -0.15) is 0 Å². The third-order valence-corrected chi connectivity index (χ3v) is 5.58. The number of aryl methyl sites for hydroxylation is 3. The van der Waals surface area contributed by atoms with Crippen LogP contribution in [0.3, 0.4) is 0 Å². The number of benzene rings is 2. The van der Waals surface area contributed by atoms with Crippen molar-refractivity contribution in [3.05, 3.63) is 71.4 Å². The van der Waals surface area contributed by atoms with Gasteiger partial charge in [-0.3, -0.25) is 0 Å². The molecule has 140 valence electrons. The van der Waals surface area contributed by atoms with Gasteiger partial charge >= 0.3 is 155 Å². The molecule has 4 aromatic rings.